The van der Waals surface area contributed by atoms with E-state index in [1.807, 2.05) is 4.90 Å². The summed E-state index contributed by atoms with van der Waals surface area (Å²) >= 11 is 0. The van der Waals surface area contributed by atoms with Gasteiger partial charge in [0.1, 0.15) is 6.17 Å². The Morgan fingerprint density at radius 2 is 2.31 bits per heavy atom. The summed E-state index contributed by atoms with van der Waals surface area (Å²) in [6.45, 7) is 1.73. The molecule has 0 aliphatic carbocycles. The molecule has 1 aliphatic heterocycles. The number of hydrogen-bond donors (Lipinski definition) is 1. The van der Waals surface area contributed by atoms with Gasteiger partial charge in [-0.25, -0.2) is 4.39 Å². The highest BCUT2D eigenvalue weighted by Gasteiger charge is 2.18. The highest BCUT2D eigenvalue weighted by molar-refractivity contribution is 5.85. The second-order valence-corrected chi connectivity index (χ2v) is 3.18. The van der Waals surface area contributed by atoms with Crippen LogP contribution in [-0.2, 0) is 4.79 Å². The van der Waals surface area contributed by atoms with Gasteiger partial charge in [0, 0.05) is 13.1 Å². The fraction of sp³-hybridized carbons (Fsp3) is 0.875. The number of rotatable bonds is 3. The molecule has 1 aliphatic rings. The Balaban J connectivity index is 0.00000144. The summed E-state index contributed by atoms with van der Waals surface area (Å²) in [5.41, 5.74) is 0. The van der Waals surface area contributed by atoms with E-state index >= 15 is 0 Å². The Labute approximate surface area is 83.3 Å². The quantitative estimate of drug-likeness (QED) is 0.766. The van der Waals surface area contributed by atoms with Gasteiger partial charge in [0.25, 0.3) is 0 Å². The molecule has 0 aromatic carbocycles. The number of aliphatic carboxylic acids is 1. The van der Waals surface area contributed by atoms with Crippen LogP contribution in [0, 0.1) is 0 Å². The smallest absolute Gasteiger partial charge is 0.304 e. The summed E-state index contributed by atoms with van der Waals surface area (Å²) in [6, 6.07) is 0. The van der Waals surface area contributed by atoms with E-state index in [0.29, 0.717) is 19.5 Å². The average molecular weight is 212 g/mol. The molecule has 1 unspecified atom stereocenters. The van der Waals surface area contributed by atoms with Crippen molar-refractivity contribution in [3.8, 4) is 0 Å². The van der Waals surface area contributed by atoms with Crippen molar-refractivity contribution in [1.29, 1.82) is 0 Å². The van der Waals surface area contributed by atoms with E-state index in [0.717, 1.165) is 13.0 Å². The zero-order chi connectivity index (χ0) is 8.97. The highest BCUT2D eigenvalue weighted by Crippen LogP contribution is 2.12. The molecule has 0 radical (unpaired) electrons. The van der Waals surface area contributed by atoms with Gasteiger partial charge in [-0.1, -0.05) is 0 Å². The lowest BCUT2D eigenvalue weighted by molar-refractivity contribution is -0.137. The van der Waals surface area contributed by atoms with Crippen LogP contribution in [0.1, 0.15) is 19.3 Å². The molecule has 0 aromatic rings. The molecule has 0 aromatic heterocycles. The van der Waals surface area contributed by atoms with Gasteiger partial charge in [-0.15, -0.1) is 12.4 Å². The number of likely N-dealkylation sites (tertiary alicyclic amines) is 1. The largest absolute Gasteiger partial charge is 0.481 e. The van der Waals surface area contributed by atoms with Gasteiger partial charge in [0.2, 0.25) is 0 Å². The minimum absolute atomic E-state index is 0. The Morgan fingerprint density at radius 1 is 1.62 bits per heavy atom. The molecule has 1 heterocycles. The molecule has 0 bridgehead atoms. The zero-order valence-corrected chi connectivity index (χ0v) is 8.23. The van der Waals surface area contributed by atoms with Crippen LogP contribution >= 0.6 is 12.4 Å². The molecule has 0 amide bonds. The lowest BCUT2D eigenvalue weighted by Crippen LogP contribution is -2.37. The Hall–Kier alpha value is -0.350. The molecule has 0 spiro atoms. The van der Waals surface area contributed by atoms with Crippen LogP contribution in [0.25, 0.3) is 0 Å². The molecule has 1 N–H and O–H groups in total. The topological polar surface area (TPSA) is 40.5 Å². The van der Waals surface area contributed by atoms with Crippen molar-refractivity contribution in [1.82, 2.24) is 4.90 Å². The summed E-state index contributed by atoms with van der Waals surface area (Å²) in [7, 11) is 0. The number of nitrogens with zero attached hydrogens (tertiary/aromatic N) is 1. The van der Waals surface area contributed by atoms with Gasteiger partial charge in [0.15, 0.2) is 0 Å². The number of carboxylic acid groups (broad SMARTS) is 1. The van der Waals surface area contributed by atoms with Crippen LogP contribution in [-0.4, -0.2) is 41.8 Å². The second-order valence-electron chi connectivity index (χ2n) is 3.18. The van der Waals surface area contributed by atoms with Crippen molar-refractivity contribution in [2.24, 2.45) is 0 Å². The molecule has 1 fully saturated rings. The third kappa shape index (κ3) is 5.05. The van der Waals surface area contributed by atoms with Crippen molar-refractivity contribution < 1.29 is 14.3 Å². The van der Waals surface area contributed by atoms with Crippen molar-refractivity contribution in [2.75, 3.05) is 19.6 Å². The van der Waals surface area contributed by atoms with Gasteiger partial charge in [0.05, 0.1) is 6.42 Å². The van der Waals surface area contributed by atoms with Gasteiger partial charge in [-0.2, -0.15) is 0 Å². The molecular formula is C8H15ClFNO2. The maximum atomic E-state index is 12.8. The Kier molecular flexibility index (Phi) is 5.99. The summed E-state index contributed by atoms with van der Waals surface area (Å²) in [5, 5.41) is 8.39. The van der Waals surface area contributed by atoms with Gasteiger partial charge in [-0.05, 0) is 19.4 Å². The second kappa shape index (κ2) is 6.16. The van der Waals surface area contributed by atoms with Crippen molar-refractivity contribution >= 4 is 18.4 Å². The number of halogens is 2. The summed E-state index contributed by atoms with van der Waals surface area (Å²) in [5.74, 6) is -0.809. The molecule has 13 heavy (non-hydrogen) atoms. The van der Waals surface area contributed by atoms with E-state index in [1.54, 1.807) is 0 Å². The number of carboxylic acids is 1. The maximum absolute atomic E-state index is 12.8. The minimum Gasteiger partial charge on any atom is -0.481 e. The molecule has 1 saturated heterocycles. The third-order valence-electron chi connectivity index (χ3n) is 2.09. The van der Waals surface area contributed by atoms with E-state index in [9.17, 15) is 9.18 Å². The highest BCUT2D eigenvalue weighted by atomic mass is 35.5. The predicted molar refractivity (Wildman–Crippen MR) is 50.1 cm³/mol. The first-order chi connectivity index (χ1) is 5.68. The number of carbonyl (C=O) groups is 1. The molecule has 1 atom stereocenters. The van der Waals surface area contributed by atoms with Crippen LogP contribution in [0.2, 0.25) is 0 Å². The fourth-order valence-electron chi connectivity index (χ4n) is 1.46. The van der Waals surface area contributed by atoms with Crippen molar-refractivity contribution in [2.45, 2.75) is 25.4 Å². The molecule has 78 valence electrons. The molecule has 5 heteroatoms. The van der Waals surface area contributed by atoms with Crippen LogP contribution < -0.4 is 0 Å². The monoisotopic (exact) mass is 211 g/mol. The summed E-state index contributed by atoms with van der Waals surface area (Å²) in [6.07, 6.45) is 0.837. The number of hydrogen-bond acceptors (Lipinski definition) is 2. The van der Waals surface area contributed by atoms with Crippen molar-refractivity contribution in [3.05, 3.63) is 0 Å². The SMILES string of the molecule is Cl.O=C(O)CCN1CCCC(F)C1. The lowest BCUT2D eigenvalue weighted by atomic mass is 10.1. The van der Waals surface area contributed by atoms with E-state index < -0.39 is 12.1 Å². The zero-order valence-electron chi connectivity index (χ0n) is 7.41. The fourth-order valence-corrected chi connectivity index (χ4v) is 1.46. The van der Waals surface area contributed by atoms with Gasteiger partial charge in [-0.3, -0.25) is 9.69 Å². The first-order valence-corrected chi connectivity index (χ1v) is 4.26. The molecule has 1 rings (SSSR count). The Bertz CT molecular complexity index is 168. The standard InChI is InChI=1S/C8H14FNO2.ClH/c9-7-2-1-4-10(6-7)5-3-8(11)12;/h7H,1-6H2,(H,11,12);1H. The van der Waals surface area contributed by atoms with E-state index in [1.165, 1.54) is 0 Å². The van der Waals surface area contributed by atoms with Crippen LogP contribution in [0.3, 0.4) is 0 Å². The van der Waals surface area contributed by atoms with E-state index in [4.69, 9.17) is 5.11 Å². The first kappa shape index (κ1) is 12.7. The third-order valence-corrected chi connectivity index (χ3v) is 2.09. The normalized spacial score (nSPS) is 23.6. The molecule has 0 saturated carbocycles. The van der Waals surface area contributed by atoms with Crippen molar-refractivity contribution in [3.63, 3.8) is 0 Å². The predicted octanol–water partition coefficient (Wildman–Crippen LogP) is 1.32. The van der Waals surface area contributed by atoms with Crippen LogP contribution in [0.15, 0.2) is 0 Å². The first-order valence-electron chi connectivity index (χ1n) is 4.26. The van der Waals surface area contributed by atoms with E-state index in [-0.39, 0.29) is 18.8 Å². The number of alkyl halides is 1. The minimum atomic E-state index is -0.809. The lowest BCUT2D eigenvalue weighted by Gasteiger charge is -2.28. The van der Waals surface area contributed by atoms with Crippen LogP contribution in [0.5, 0.6) is 0 Å². The van der Waals surface area contributed by atoms with Crippen LogP contribution in [0.4, 0.5) is 4.39 Å². The Morgan fingerprint density at radius 3 is 2.85 bits per heavy atom. The van der Waals surface area contributed by atoms with Gasteiger partial charge < -0.3 is 5.11 Å². The number of piperidine rings is 1. The average Bonchev–Trinajstić information content (AvgIpc) is 2.01. The van der Waals surface area contributed by atoms with E-state index in [2.05, 4.69) is 0 Å². The summed E-state index contributed by atoms with van der Waals surface area (Å²) in [4.78, 5) is 12.1. The molecular weight excluding hydrogens is 197 g/mol. The van der Waals surface area contributed by atoms with Gasteiger partial charge >= 0.3 is 5.97 Å². The molecule has 3 nitrogen and oxygen atoms in total. The maximum Gasteiger partial charge on any atom is 0.304 e. The summed E-state index contributed by atoms with van der Waals surface area (Å²) < 4.78 is 12.8.